The fourth-order valence-corrected chi connectivity index (χ4v) is 2.50. The van der Waals surface area contributed by atoms with Crippen LogP contribution in [-0.4, -0.2) is 63.4 Å². The number of benzene rings is 1. The maximum atomic E-state index is 9.76. The molecule has 9 N–H and O–H groups in total. The van der Waals surface area contributed by atoms with Gasteiger partial charge in [-0.2, -0.15) is 0 Å². The van der Waals surface area contributed by atoms with Gasteiger partial charge in [-0.15, -0.1) is 0 Å². The summed E-state index contributed by atoms with van der Waals surface area (Å²) >= 11 is 0.479. The van der Waals surface area contributed by atoms with Crippen molar-refractivity contribution >= 4 is 23.6 Å². The number of nitrogens with one attached hydrogen (secondary N) is 2. The van der Waals surface area contributed by atoms with Gasteiger partial charge in [-0.1, -0.05) is 0 Å². The molecule has 0 radical (unpaired) electrons. The summed E-state index contributed by atoms with van der Waals surface area (Å²) in [6.07, 6.45) is 3.28. The summed E-state index contributed by atoms with van der Waals surface area (Å²) in [5.41, 5.74) is -2.17. The topological polar surface area (TPSA) is 191 Å². The number of nitrogens with zero attached hydrogens (tertiary/aromatic N) is 2. The molecule has 0 saturated carbocycles. The molecule has 0 aliphatic carbocycles. The number of anilines is 2. The molecule has 2 aromatic rings. The van der Waals surface area contributed by atoms with Crippen LogP contribution < -0.4 is 10.0 Å². The third-order valence-electron chi connectivity index (χ3n) is 3.18. The quantitative estimate of drug-likeness (QED) is 0.189. The average molecular weight is 386 g/mol. The fourth-order valence-electron chi connectivity index (χ4n) is 1.69. The van der Waals surface area contributed by atoms with Crippen LogP contribution in [-0.2, 0) is 0 Å². The fraction of sp³-hybridized carbons (Fsp3) is 0.286. The Hall–Kier alpha value is -1.87. The summed E-state index contributed by atoms with van der Waals surface area (Å²) in [6, 6.07) is 6.22. The van der Waals surface area contributed by atoms with Crippen LogP contribution in [0.25, 0.3) is 0 Å². The van der Waals surface area contributed by atoms with Crippen molar-refractivity contribution in [1.29, 1.82) is 0 Å². The zero-order chi connectivity index (χ0) is 19.6. The summed E-state index contributed by atoms with van der Waals surface area (Å²) in [5, 5.41) is 67.1. The van der Waals surface area contributed by atoms with Crippen molar-refractivity contribution in [3.05, 3.63) is 42.2 Å². The molecule has 1 aromatic carbocycles. The minimum absolute atomic E-state index is 0.354. The summed E-state index contributed by atoms with van der Waals surface area (Å²) in [5.74, 6) is -7.76. The molecule has 142 valence electrons. The first-order chi connectivity index (χ1) is 11.9. The van der Waals surface area contributed by atoms with Gasteiger partial charge in [0.1, 0.15) is 0 Å². The Morgan fingerprint density at radius 3 is 1.81 bits per heavy atom. The number of hydrogen-bond acceptors (Lipinski definition) is 12. The lowest BCUT2D eigenvalue weighted by atomic mass is 10.1. The predicted molar refractivity (Wildman–Crippen MR) is 89.2 cm³/mol. The summed E-state index contributed by atoms with van der Waals surface area (Å²) in [7, 11) is 0. The number of aromatic nitrogens is 2. The highest BCUT2D eigenvalue weighted by Crippen LogP contribution is 2.29. The molecule has 0 atom stereocenters. The molecule has 2 rings (SSSR count). The normalized spacial score (nSPS) is 12.9. The van der Waals surface area contributed by atoms with Gasteiger partial charge in [-0.05, 0) is 48.7 Å². The maximum Gasteiger partial charge on any atom is 0.330 e. The van der Waals surface area contributed by atoms with Crippen LogP contribution in [0.1, 0.15) is 5.56 Å². The first-order valence-electron chi connectivity index (χ1n) is 7.09. The monoisotopic (exact) mass is 386 g/mol. The summed E-state index contributed by atoms with van der Waals surface area (Å²) in [6.45, 7) is 1.85. The lowest BCUT2D eigenvalue weighted by molar-refractivity contribution is -0.497. The molecule has 11 nitrogen and oxygen atoms in total. The Morgan fingerprint density at radius 1 is 0.846 bits per heavy atom. The van der Waals surface area contributed by atoms with E-state index in [1.807, 2.05) is 6.92 Å². The van der Waals surface area contributed by atoms with Crippen molar-refractivity contribution in [2.45, 2.75) is 29.5 Å². The van der Waals surface area contributed by atoms with Gasteiger partial charge in [0.2, 0.25) is 5.95 Å². The molecule has 0 bridgehead atoms. The van der Waals surface area contributed by atoms with E-state index in [-0.39, 0.29) is 0 Å². The Kier molecular flexibility index (Phi) is 5.82. The van der Waals surface area contributed by atoms with E-state index in [9.17, 15) is 5.11 Å². The van der Waals surface area contributed by atoms with Crippen molar-refractivity contribution in [2.24, 2.45) is 0 Å². The molecule has 0 aliphatic heterocycles. The SMILES string of the molecule is Cc1cnc(Nc2ccc(SNC(O)(C(O)(O)O)C(O)(O)O)cc2)nc1. The van der Waals surface area contributed by atoms with Gasteiger partial charge in [0, 0.05) is 23.0 Å². The zero-order valence-electron chi connectivity index (χ0n) is 13.4. The molecule has 0 amide bonds. The van der Waals surface area contributed by atoms with Crippen LogP contribution in [0.4, 0.5) is 11.6 Å². The molecule has 0 aliphatic rings. The average Bonchev–Trinajstić information content (AvgIpc) is 2.54. The van der Waals surface area contributed by atoms with Crippen molar-refractivity contribution in [2.75, 3.05) is 5.32 Å². The maximum absolute atomic E-state index is 9.76. The first-order valence-corrected chi connectivity index (χ1v) is 7.90. The first kappa shape index (κ1) is 20.4. The molecule has 26 heavy (non-hydrogen) atoms. The van der Waals surface area contributed by atoms with E-state index in [4.69, 9.17) is 30.6 Å². The van der Waals surface area contributed by atoms with Crippen molar-refractivity contribution in [3.8, 4) is 0 Å². The van der Waals surface area contributed by atoms with Gasteiger partial charge in [-0.25, -0.2) is 14.7 Å². The molecule has 1 heterocycles. The molecular formula is C14H18N4O7S. The number of aryl methyl sites for hydroxylation is 1. The lowest BCUT2D eigenvalue weighted by Gasteiger charge is -2.39. The lowest BCUT2D eigenvalue weighted by Crippen LogP contribution is -2.74. The Morgan fingerprint density at radius 2 is 1.35 bits per heavy atom. The van der Waals surface area contributed by atoms with E-state index in [1.165, 1.54) is 12.1 Å². The van der Waals surface area contributed by atoms with Gasteiger partial charge in [0.15, 0.2) is 0 Å². The summed E-state index contributed by atoms with van der Waals surface area (Å²) in [4.78, 5) is 8.51. The zero-order valence-corrected chi connectivity index (χ0v) is 14.2. The van der Waals surface area contributed by atoms with Crippen LogP contribution in [0.5, 0.6) is 0 Å². The van der Waals surface area contributed by atoms with E-state index >= 15 is 0 Å². The van der Waals surface area contributed by atoms with E-state index < -0.39 is 17.7 Å². The van der Waals surface area contributed by atoms with Crippen LogP contribution in [0.15, 0.2) is 41.6 Å². The Balaban J connectivity index is 2.05. The van der Waals surface area contributed by atoms with Gasteiger partial charge in [-0.3, -0.25) is 0 Å². The number of hydrogen-bond donors (Lipinski definition) is 9. The Labute approximate surface area is 151 Å². The highest BCUT2D eigenvalue weighted by atomic mass is 32.2. The Bertz CT molecular complexity index is 715. The van der Waals surface area contributed by atoms with E-state index in [0.29, 0.717) is 28.5 Å². The predicted octanol–water partition coefficient (Wildman–Crippen LogP) is -1.92. The molecular weight excluding hydrogens is 368 g/mol. The second-order valence-corrected chi connectivity index (χ2v) is 6.30. The third kappa shape index (κ3) is 4.64. The van der Waals surface area contributed by atoms with E-state index in [2.05, 4.69) is 15.3 Å². The molecule has 0 saturated heterocycles. The molecule has 0 unspecified atom stereocenters. The molecule has 1 aromatic heterocycles. The minimum atomic E-state index is -4.07. The smallest absolute Gasteiger partial charge is 0.330 e. The van der Waals surface area contributed by atoms with Crippen molar-refractivity contribution in [3.63, 3.8) is 0 Å². The number of rotatable bonds is 7. The summed E-state index contributed by atoms with van der Waals surface area (Å²) < 4.78 is 1.79. The van der Waals surface area contributed by atoms with E-state index in [0.717, 1.165) is 5.56 Å². The van der Waals surface area contributed by atoms with Crippen LogP contribution in [0, 0.1) is 6.92 Å². The van der Waals surface area contributed by atoms with E-state index in [1.54, 1.807) is 29.2 Å². The third-order valence-corrected chi connectivity index (χ3v) is 4.08. The standard InChI is InChI=1S/C14H18N4O7S/c1-8-6-15-11(16-7-8)17-9-2-4-10(5-3-9)26-18-12(19,13(20,21)22)14(23,24)25/h2-7,18-25H,1H3,(H,15,16,17). The van der Waals surface area contributed by atoms with Gasteiger partial charge < -0.3 is 41.1 Å². The van der Waals surface area contributed by atoms with Crippen molar-refractivity contribution in [1.82, 2.24) is 14.7 Å². The van der Waals surface area contributed by atoms with Crippen LogP contribution in [0.3, 0.4) is 0 Å². The van der Waals surface area contributed by atoms with Gasteiger partial charge in [0.25, 0.3) is 5.72 Å². The second kappa shape index (κ2) is 7.40. The minimum Gasteiger partial charge on any atom is -0.362 e. The highest BCUT2D eigenvalue weighted by Gasteiger charge is 2.62. The number of aliphatic hydroxyl groups is 7. The van der Waals surface area contributed by atoms with Crippen LogP contribution >= 0.6 is 11.9 Å². The second-order valence-electron chi connectivity index (χ2n) is 5.42. The molecule has 0 spiro atoms. The highest BCUT2D eigenvalue weighted by molar-refractivity contribution is 7.97. The van der Waals surface area contributed by atoms with Crippen molar-refractivity contribution < 1.29 is 35.7 Å². The largest absolute Gasteiger partial charge is 0.362 e. The van der Waals surface area contributed by atoms with Gasteiger partial charge >= 0.3 is 11.9 Å². The van der Waals surface area contributed by atoms with Gasteiger partial charge in [0.05, 0.1) is 0 Å². The van der Waals surface area contributed by atoms with Crippen LogP contribution in [0.2, 0.25) is 0 Å². The molecule has 0 fully saturated rings. The molecule has 12 heteroatoms.